The molecule has 2 heteroatoms. The third-order valence-electron chi connectivity index (χ3n) is 3.43. The van der Waals surface area contributed by atoms with Gasteiger partial charge in [-0.2, -0.15) is 0 Å². The van der Waals surface area contributed by atoms with E-state index in [2.05, 4.69) is 48.5 Å². The summed E-state index contributed by atoms with van der Waals surface area (Å²) >= 11 is 0. The molecule has 0 atom stereocenters. The van der Waals surface area contributed by atoms with Crippen molar-refractivity contribution in [1.82, 2.24) is 0 Å². The minimum Gasteiger partial charge on any atom is -0.378 e. The van der Waals surface area contributed by atoms with Gasteiger partial charge in [0.25, 0.3) is 0 Å². The highest BCUT2D eigenvalue weighted by Gasteiger charge is 1.93. The lowest BCUT2D eigenvalue weighted by Crippen LogP contribution is -2.08. The first-order valence-electron chi connectivity index (χ1n) is 7.54. The molecule has 0 aliphatic heterocycles. The molecule has 0 radical (unpaired) electrons. The molecule has 0 saturated heterocycles. The highest BCUT2D eigenvalue weighted by Crippen LogP contribution is 2.17. The molecule has 2 nitrogen and oxygen atoms in total. The lowest BCUT2D eigenvalue weighted by molar-refractivity contribution is 0.112. The van der Waals surface area contributed by atoms with E-state index in [1.807, 2.05) is 55.4 Å². The summed E-state index contributed by atoms with van der Waals surface area (Å²) in [6.45, 7) is 0. The van der Waals surface area contributed by atoms with E-state index in [-0.39, 0.29) is 0 Å². The van der Waals surface area contributed by atoms with Crippen LogP contribution < -0.4 is 4.90 Å². The van der Waals surface area contributed by atoms with E-state index in [0.717, 1.165) is 17.5 Å². The summed E-state index contributed by atoms with van der Waals surface area (Å²) in [7, 11) is 3.94. The lowest BCUT2D eigenvalue weighted by Gasteiger charge is -2.11. The zero-order valence-electron chi connectivity index (χ0n) is 13.5. The second-order valence-electron chi connectivity index (χ2n) is 5.34. The number of benzene rings is 3. The van der Waals surface area contributed by atoms with Gasteiger partial charge in [0.2, 0.25) is 0 Å². The monoisotopic (exact) mass is 303 g/mol. The quantitative estimate of drug-likeness (QED) is 0.640. The van der Waals surface area contributed by atoms with Crippen LogP contribution in [-0.4, -0.2) is 20.4 Å². The molecule has 0 spiro atoms. The Kier molecular flexibility index (Phi) is 6.13. The second kappa shape index (κ2) is 8.54. The molecule has 3 rings (SSSR count). The fourth-order valence-electron chi connectivity index (χ4n) is 2.11. The van der Waals surface area contributed by atoms with Gasteiger partial charge in [0.05, 0.1) is 0 Å². The molecule has 3 aromatic carbocycles. The van der Waals surface area contributed by atoms with Crippen molar-refractivity contribution in [3.8, 4) is 11.1 Å². The van der Waals surface area contributed by atoms with Crippen LogP contribution in [0, 0.1) is 0 Å². The molecule has 116 valence electrons. The van der Waals surface area contributed by atoms with Crippen molar-refractivity contribution in [3.05, 3.63) is 90.5 Å². The third kappa shape index (κ3) is 5.11. The van der Waals surface area contributed by atoms with Gasteiger partial charge in [0, 0.05) is 25.3 Å². The van der Waals surface area contributed by atoms with Gasteiger partial charge in [-0.05, 0) is 35.4 Å². The fourth-order valence-corrected chi connectivity index (χ4v) is 2.11. The number of hydrogen-bond donors (Lipinski definition) is 0. The maximum Gasteiger partial charge on any atom is 0.150 e. The van der Waals surface area contributed by atoms with Crippen LogP contribution in [0.15, 0.2) is 84.9 Å². The van der Waals surface area contributed by atoms with Crippen LogP contribution >= 0.6 is 0 Å². The smallest absolute Gasteiger partial charge is 0.150 e. The Bertz CT molecular complexity index is 666. The van der Waals surface area contributed by atoms with E-state index in [9.17, 15) is 4.79 Å². The molecular formula is C21H21NO. The zero-order valence-corrected chi connectivity index (χ0v) is 13.5. The molecule has 0 aromatic heterocycles. The van der Waals surface area contributed by atoms with Gasteiger partial charge in [-0.3, -0.25) is 4.79 Å². The average molecular weight is 303 g/mol. The molecule has 0 bridgehead atoms. The van der Waals surface area contributed by atoms with Crippen molar-refractivity contribution in [2.45, 2.75) is 0 Å². The Morgan fingerprint density at radius 2 is 1.09 bits per heavy atom. The minimum absolute atomic E-state index is 0.718. The number of nitrogens with zero attached hydrogens (tertiary/aromatic N) is 1. The largest absolute Gasteiger partial charge is 0.378 e. The highest BCUT2D eigenvalue weighted by molar-refractivity contribution is 5.75. The first kappa shape index (κ1) is 16.5. The fraction of sp³-hybridized carbons (Fsp3) is 0.0952. The van der Waals surface area contributed by atoms with Crippen LogP contribution in [0.3, 0.4) is 0 Å². The van der Waals surface area contributed by atoms with E-state index in [1.165, 1.54) is 11.1 Å². The second-order valence-corrected chi connectivity index (χ2v) is 5.34. The van der Waals surface area contributed by atoms with Crippen molar-refractivity contribution in [2.75, 3.05) is 19.0 Å². The van der Waals surface area contributed by atoms with Gasteiger partial charge in [0.15, 0.2) is 0 Å². The molecule has 0 unspecified atom stereocenters. The van der Waals surface area contributed by atoms with Crippen LogP contribution in [0.2, 0.25) is 0 Å². The number of rotatable bonds is 3. The maximum atomic E-state index is 10.3. The van der Waals surface area contributed by atoms with Crippen molar-refractivity contribution >= 4 is 12.0 Å². The Morgan fingerprint density at radius 1 is 0.652 bits per heavy atom. The van der Waals surface area contributed by atoms with Gasteiger partial charge in [0.1, 0.15) is 6.29 Å². The first-order chi connectivity index (χ1) is 11.2. The van der Waals surface area contributed by atoms with E-state index in [0.29, 0.717) is 0 Å². The van der Waals surface area contributed by atoms with Crippen molar-refractivity contribution in [3.63, 3.8) is 0 Å². The molecule has 0 saturated carbocycles. The topological polar surface area (TPSA) is 20.3 Å². The summed E-state index contributed by atoms with van der Waals surface area (Å²) in [5.74, 6) is 0. The molecular weight excluding hydrogens is 282 g/mol. The predicted molar refractivity (Wildman–Crippen MR) is 98.0 cm³/mol. The average Bonchev–Trinajstić information content (AvgIpc) is 2.64. The van der Waals surface area contributed by atoms with E-state index in [1.54, 1.807) is 0 Å². The van der Waals surface area contributed by atoms with Crippen molar-refractivity contribution in [1.29, 1.82) is 0 Å². The molecule has 0 fully saturated rings. The van der Waals surface area contributed by atoms with Gasteiger partial charge in [-0.15, -0.1) is 0 Å². The van der Waals surface area contributed by atoms with Gasteiger partial charge < -0.3 is 4.90 Å². The summed E-state index contributed by atoms with van der Waals surface area (Å²) in [6.07, 6.45) is 0.847. The Labute approximate surface area is 138 Å². The Morgan fingerprint density at radius 3 is 1.43 bits per heavy atom. The summed E-state index contributed by atoms with van der Waals surface area (Å²) in [4.78, 5) is 12.3. The van der Waals surface area contributed by atoms with Crippen LogP contribution in [0.4, 0.5) is 5.69 Å². The molecule has 0 aliphatic carbocycles. The third-order valence-corrected chi connectivity index (χ3v) is 3.43. The highest BCUT2D eigenvalue weighted by atomic mass is 16.1. The Balaban J connectivity index is 0.000000168. The van der Waals surface area contributed by atoms with Gasteiger partial charge in [-0.1, -0.05) is 60.7 Å². The lowest BCUT2D eigenvalue weighted by atomic mass is 10.1. The number of carbonyl (C=O) groups excluding carboxylic acids is 1. The van der Waals surface area contributed by atoms with E-state index >= 15 is 0 Å². The van der Waals surface area contributed by atoms with Crippen LogP contribution in [0.1, 0.15) is 10.4 Å². The van der Waals surface area contributed by atoms with Gasteiger partial charge in [-0.25, -0.2) is 0 Å². The molecule has 0 heterocycles. The number of aldehydes is 1. The number of anilines is 1. The van der Waals surface area contributed by atoms with Crippen molar-refractivity contribution < 1.29 is 4.79 Å². The van der Waals surface area contributed by atoms with Crippen molar-refractivity contribution in [2.24, 2.45) is 0 Å². The van der Waals surface area contributed by atoms with Crippen LogP contribution in [-0.2, 0) is 0 Å². The summed E-state index contributed by atoms with van der Waals surface area (Å²) < 4.78 is 0. The SMILES string of the molecule is CN(C)c1ccc(C=O)cc1.c1ccc(-c2ccccc2)cc1. The molecule has 0 N–H and O–H groups in total. The first-order valence-corrected chi connectivity index (χ1v) is 7.54. The molecule has 3 aromatic rings. The van der Waals surface area contributed by atoms with Gasteiger partial charge >= 0.3 is 0 Å². The summed E-state index contributed by atoms with van der Waals surface area (Å²) in [6, 6.07) is 28.2. The standard InChI is InChI=1S/C12H10.C9H11NO/c1-3-7-11(8-4-1)12-9-5-2-6-10-12;1-10(2)9-5-3-8(7-11)4-6-9/h1-10H;3-7H,1-2H3. The predicted octanol–water partition coefficient (Wildman–Crippen LogP) is 4.92. The number of hydrogen-bond acceptors (Lipinski definition) is 2. The zero-order chi connectivity index (χ0) is 16.5. The maximum absolute atomic E-state index is 10.3. The summed E-state index contributed by atoms with van der Waals surface area (Å²) in [5, 5.41) is 0. The van der Waals surface area contributed by atoms with E-state index in [4.69, 9.17) is 0 Å². The molecule has 0 amide bonds. The van der Waals surface area contributed by atoms with Crippen LogP contribution in [0.25, 0.3) is 11.1 Å². The number of carbonyl (C=O) groups is 1. The van der Waals surface area contributed by atoms with Crippen LogP contribution in [0.5, 0.6) is 0 Å². The van der Waals surface area contributed by atoms with E-state index < -0.39 is 0 Å². The normalized spacial score (nSPS) is 9.48. The molecule has 23 heavy (non-hydrogen) atoms. The molecule has 0 aliphatic rings. The summed E-state index contributed by atoms with van der Waals surface area (Å²) in [5.41, 5.74) is 4.38. The Hall–Kier alpha value is -2.87. The minimum atomic E-state index is 0.718.